The molecule has 1 N–H and O–H groups in total. The number of piperazine rings is 1. The van der Waals surface area contributed by atoms with Crippen LogP contribution in [0.3, 0.4) is 0 Å². The molecule has 2 heterocycles. The fraction of sp³-hybridized carbons (Fsp3) is 0.591. The molecule has 1 aromatic carbocycles. The highest BCUT2D eigenvalue weighted by Gasteiger charge is 2.34. The lowest BCUT2D eigenvalue weighted by molar-refractivity contribution is -0.135. The van der Waals surface area contributed by atoms with E-state index in [1.165, 1.54) is 24.5 Å². The fourth-order valence-corrected chi connectivity index (χ4v) is 4.52. The van der Waals surface area contributed by atoms with Gasteiger partial charge in [0.15, 0.2) is 0 Å². The van der Waals surface area contributed by atoms with Crippen molar-refractivity contribution in [1.82, 2.24) is 10.2 Å². The van der Waals surface area contributed by atoms with E-state index in [0.29, 0.717) is 56.6 Å². The third kappa shape index (κ3) is 4.96. The van der Waals surface area contributed by atoms with Crippen LogP contribution in [0.1, 0.15) is 19.3 Å². The molecule has 4 rings (SSSR count). The Balaban J connectivity index is 1.32. The zero-order valence-electron chi connectivity index (χ0n) is 18.2. The molecule has 32 heavy (non-hydrogen) atoms. The largest absolute Gasteiger partial charge is 0.442 e. The van der Waals surface area contributed by atoms with E-state index in [1.807, 2.05) is 4.90 Å². The maximum atomic E-state index is 14.9. The maximum Gasteiger partial charge on any atom is 0.414 e. The molecular weight excluding hydrogens is 435 g/mol. The van der Waals surface area contributed by atoms with E-state index in [2.05, 4.69) is 5.32 Å². The molecule has 2 amide bonds. The van der Waals surface area contributed by atoms with Crippen molar-refractivity contribution in [2.24, 2.45) is 5.92 Å². The van der Waals surface area contributed by atoms with Gasteiger partial charge in [0, 0.05) is 39.2 Å². The van der Waals surface area contributed by atoms with Gasteiger partial charge in [-0.2, -0.15) is 0 Å². The van der Waals surface area contributed by atoms with E-state index < -0.39 is 11.9 Å². The Morgan fingerprint density at radius 3 is 2.66 bits per heavy atom. The zero-order chi connectivity index (χ0) is 22.7. The Hall–Kier alpha value is -2.46. The normalized spacial score (nSPS) is 21.4. The van der Waals surface area contributed by atoms with Gasteiger partial charge in [-0.1, -0.05) is 18.6 Å². The summed E-state index contributed by atoms with van der Waals surface area (Å²) in [6.07, 6.45) is 2.63. The van der Waals surface area contributed by atoms with Gasteiger partial charge in [-0.15, -0.1) is 0 Å². The van der Waals surface area contributed by atoms with Gasteiger partial charge in [-0.05, 0) is 31.0 Å². The molecule has 1 unspecified atom stereocenters. The van der Waals surface area contributed by atoms with Crippen LogP contribution < -0.4 is 15.1 Å². The molecule has 0 aromatic heterocycles. The smallest absolute Gasteiger partial charge is 0.414 e. The third-order valence-electron chi connectivity index (χ3n) is 6.34. The van der Waals surface area contributed by atoms with Gasteiger partial charge in [-0.25, -0.2) is 9.18 Å². The van der Waals surface area contributed by atoms with Crippen LogP contribution in [-0.2, 0) is 14.3 Å². The van der Waals surface area contributed by atoms with Crippen LogP contribution in [0.4, 0.5) is 20.6 Å². The fourth-order valence-electron chi connectivity index (χ4n) is 4.20. The molecular formula is C22H29FN4O4S. The van der Waals surface area contributed by atoms with Crippen LogP contribution in [0.25, 0.3) is 0 Å². The van der Waals surface area contributed by atoms with Crippen molar-refractivity contribution >= 4 is 40.6 Å². The van der Waals surface area contributed by atoms with Crippen LogP contribution in [0.5, 0.6) is 0 Å². The lowest BCUT2D eigenvalue weighted by Gasteiger charge is -2.36. The van der Waals surface area contributed by atoms with Crippen molar-refractivity contribution < 1.29 is 23.5 Å². The molecule has 0 radical (unpaired) electrons. The molecule has 2 saturated heterocycles. The molecule has 1 aromatic rings. The number of rotatable bonds is 7. The van der Waals surface area contributed by atoms with Gasteiger partial charge in [0.2, 0.25) is 5.91 Å². The summed E-state index contributed by atoms with van der Waals surface area (Å²) in [6, 6.07) is 4.78. The van der Waals surface area contributed by atoms with Crippen LogP contribution in [0.2, 0.25) is 0 Å². The third-order valence-corrected chi connectivity index (χ3v) is 6.82. The van der Waals surface area contributed by atoms with Gasteiger partial charge in [0.25, 0.3) is 0 Å². The lowest BCUT2D eigenvalue weighted by atomic mass is 9.85. The number of halogens is 1. The van der Waals surface area contributed by atoms with E-state index in [0.717, 1.165) is 17.8 Å². The number of methoxy groups -OCH3 is 1. The highest BCUT2D eigenvalue weighted by Crippen LogP contribution is 2.29. The van der Waals surface area contributed by atoms with Gasteiger partial charge < -0.3 is 24.6 Å². The van der Waals surface area contributed by atoms with Gasteiger partial charge in [-0.3, -0.25) is 9.69 Å². The molecule has 1 atom stereocenters. The van der Waals surface area contributed by atoms with Crippen molar-refractivity contribution in [3.8, 4) is 0 Å². The molecule has 8 nitrogen and oxygen atoms in total. The van der Waals surface area contributed by atoms with Crippen molar-refractivity contribution in [2.75, 3.05) is 62.8 Å². The number of carbonyl (C=O) groups is 2. The van der Waals surface area contributed by atoms with E-state index in [1.54, 1.807) is 17.0 Å². The van der Waals surface area contributed by atoms with Crippen LogP contribution >= 0.6 is 12.2 Å². The first-order valence-corrected chi connectivity index (χ1v) is 11.4. The average molecular weight is 465 g/mol. The number of hydrogen-bond donors (Lipinski definition) is 1. The predicted octanol–water partition coefficient (Wildman–Crippen LogP) is 2.16. The summed E-state index contributed by atoms with van der Waals surface area (Å²) in [5.74, 6) is -0.0208. The standard InChI is InChI=1S/C22H29FN4O4S/c1-30-14-20(28)26-9-7-25(8-10-26)19-6-5-16(11-18(19)23)27-13-17(31-22(27)29)12-24-21(32)15-3-2-4-15/h5-6,11,15,17H,2-4,7-10,12-14H2,1H3,(H,24,32). The minimum atomic E-state index is -0.483. The second kappa shape index (κ2) is 9.99. The summed E-state index contributed by atoms with van der Waals surface area (Å²) in [7, 11) is 1.49. The first-order valence-electron chi connectivity index (χ1n) is 11.0. The molecule has 1 saturated carbocycles. The van der Waals surface area contributed by atoms with Crippen molar-refractivity contribution in [2.45, 2.75) is 25.4 Å². The van der Waals surface area contributed by atoms with E-state index in [9.17, 15) is 14.0 Å². The summed E-state index contributed by atoms with van der Waals surface area (Å²) in [5, 5.41) is 3.21. The number of thiocarbonyl (C=S) groups is 1. The number of hydrogen-bond acceptors (Lipinski definition) is 6. The van der Waals surface area contributed by atoms with E-state index in [4.69, 9.17) is 21.7 Å². The van der Waals surface area contributed by atoms with Crippen molar-refractivity contribution in [3.05, 3.63) is 24.0 Å². The average Bonchev–Trinajstić information content (AvgIpc) is 3.12. The van der Waals surface area contributed by atoms with Crippen LogP contribution in [-0.4, -0.2) is 81.0 Å². The molecule has 3 fully saturated rings. The second-order valence-corrected chi connectivity index (χ2v) is 8.87. The topological polar surface area (TPSA) is 74.3 Å². The molecule has 1 aliphatic carbocycles. The molecule has 0 spiro atoms. The molecule has 10 heteroatoms. The highest BCUT2D eigenvalue weighted by atomic mass is 32.1. The van der Waals surface area contributed by atoms with Crippen LogP contribution in [0.15, 0.2) is 18.2 Å². The minimum absolute atomic E-state index is 0.0534. The first kappa shape index (κ1) is 22.7. The van der Waals surface area contributed by atoms with Crippen molar-refractivity contribution in [3.63, 3.8) is 0 Å². The molecule has 2 aliphatic heterocycles. The summed E-state index contributed by atoms with van der Waals surface area (Å²) >= 11 is 5.39. The summed E-state index contributed by atoms with van der Waals surface area (Å²) in [4.78, 5) is 30.2. The van der Waals surface area contributed by atoms with Crippen molar-refractivity contribution in [1.29, 1.82) is 0 Å². The Morgan fingerprint density at radius 2 is 2.03 bits per heavy atom. The highest BCUT2D eigenvalue weighted by molar-refractivity contribution is 7.80. The predicted molar refractivity (Wildman–Crippen MR) is 123 cm³/mol. The monoisotopic (exact) mass is 464 g/mol. The minimum Gasteiger partial charge on any atom is -0.442 e. The number of carbonyl (C=O) groups excluding carboxylic acids is 2. The number of cyclic esters (lactones) is 1. The quantitative estimate of drug-likeness (QED) is 0.620. The Kier molecular flexibility index (Phi) is 7.10. The number of amides is 2. The second-order valence-electron chi connectivity index (χ2n) is 8.43. The number of nitrogens with zero attached hydrogens (tertiary/aromatic N) is 3. The van der Waals surface area contributed by atoms with Crippen LogP contribution in [0, 0.1) is 11.7 Å². The number of ether oxygens (including phenoxy) is 2. The Bertz CT molecular complexity index is 873. The molecule has 3 aliphatic rings. The number of benzene rings is 1. The Morgan fingerprint density at radius 1 is 1.28 bits per heavy atom. The zero-order valence-corrected chi connectivity index (χ0v) is 19.0. The maximum absolute atomic E-state index is 14.9. The molecule has 0 bridgehead atoms. The number of anilines is 2. The Labute approximate surface area is 192 Å². The SMILES string of the molecule is COCC(=O)N1CCN(c2ccc(N3CC(CNC(=S)C4CCC4)OC3=O)cc2F)CC1. The summed E-state index contributed by atoms with van der Waals surface area (Å²) < 4.78 is 25.3. The van der Waals surface area contributed by atoms with Gasteiger partial charge >= 0.3 is 6.09 Å². The van der Waals surface area contributed by atoms with Gasteiger partial charge in [0.05, 0.1) is 29.5 Å². The van der Waals surface area contributed by atoms with Gasteiger partial charge in [0.1, 0.15) is 18.5 Å². The number of nitrogens with one attached hydrogen (secondary N) is 1. The first-order chi connectivity index (χ1) is 15.5. The van der Waals surface area contributed by atoms with E-state index >= 15 is 0 Å². The lowest BCUT2D eigenvalue weighted by Crippen LogP contribution is -2.50. The molecule has 174 valence electrons. The summed E-state index contributed by atoms with van der Waals surface area (Å²) in [6.45, 7) is 2.96. The summed E-state index contributed by atoms with van der Waals surface area (Å²) in [5.41, 5.74) is 0.929. The van der Waals surface area contributed by atoms with E-state index in [-0.39, 0.29) is 18.6 Å².